The molecule has 4 rings (SSSR count). The van der Waals surface area contributed by atoms with Gasteiger partial charge in [-0.1, -0.05) is 23.9 Å². The van der Waals surface area contributed by atoms with Crippen molar-refractivity contribution in [1.29, 1.82) is 0 Å². The maximum absolute atomic E-state index is 13.4. The summed E-state index contributed by atoms with van der Waals surface area (Å²) in [5.41, 5.74) is 0.743. The summed E-state index contributed by atoms with van der Waals surface area (Å²) in [6, 6.07) is 11.7. The second kappa shape index (κ2) is 9.53. The normalized spacial score (nSPS) is 13.9. The lowest BCUT2D eigenvalue weighted by Crippen LogP contribution is -2.43. The minimum atomic E-state index is -0.686. The number of thioether (sulfide) groups is 1. The van der Waals surface area contributed by atoms with E-state index in [4.69, 9.17) is 9.47 Å². The van der Waals surface area contributed by atoms with Crippen molar-refractivity contribution in [3.8, 4) is 17.2 Å². The molecule has 0 spiro atoms. The van der Waals surface area contributed by atoms with Gasteiger partial charge < -0.3 is 14.8 Å². The fourth-order valence-corrected chi connectivity index (χ4v) is 4.18. The van der Waals surface area contributed by atoms with Crippen molar-refractivity contribution >= 4 is 34.6 Å². The minimum absolute atomic E-state index is 0.137. The first-order valence-corrected chi connectivity index (χ1v) is 11.3. The number of hydrogen-bond donors (Lipinski definition) is 2. The molecule has 3 amide bonds. The number of methoxy groups -OCH3 is 2. The largest absolute Gasteiger partial charge is 0.493 e. The number of urea groups is 1. The van der Waals surface area contributed by atoms with Crippen molar-refractivity contribution in [1.82, 2.24) is 20.2 Å². The minimum Gasteiger partial charge on any atom is -0.493 e. The first-order valence-electron chi connectivity index (χ1n) is 10.4. The Hall–Kier alpha value is -3.53. The van der Waals surface area contributed by atoms with Gasteiger partial charge >= 0.3 is 6.03 Å². The number of rotatable bonds is 7. The Bertz CT molecular complexity index is 1270. The summed E-state index contributed by atoms with van der Waals surface area (Å²) in [4.78, 5) is 42.6. The zero-order chi connectivity index (χ0) is 23.5. The van der Waals surface area contributed by atoms with E-state index in [9.17, 15) is 14.4 Å². The summed E-state index contributed by atoms with van der Waals surface area (Å²) in [5, 5.41) is 5.15. The quantitative estimate of drug-likeness (QED) is 0.405. The van der Waals surface area contributed by atoms with Crippen LogP contribution in [0.15, 0.2) is 52.4 Å². The van der Waals surface area contributed by atoms with Gasteiger partial charge in [-0.05, 0) is 44.0 Å². The van der Waals surface area contributed by atoms with Gasteiger partial charge in [0, 0.05) is 12.1 Å². The van der Waals surface area contributed by atoms with Crippen LogP contribution in [0.3, 0.4) is 0 Å². The van der Waals surface area contributed by atoms with Crippen LogP contribution in [0, 0.1) is 0 Å². The number of nitrogens with one attached hydrogen (secondary N) is 2. The van der Waals surface area contributed by atoms with E-state index >= 15 is 0 Å². The highest BCUT2D eigenvalue weighted by Crippen LogP contribution is 2.31. The zero-order valence-corrected chi connectivity index (χ0v) is 19.3. The molecule has 1 atom stereocenters. The molecule has 0 radical (unpaired) electrons. The summed E-state index contributed by atoms with van der Waals surface area (Å²) in [6.07, 6.45) is 1.84. The molecule has 1 aliphatic rings. The fraction of sp³-hybridized carbons (Fsp3) is 0.304. The van der Waals surface area contributed by atoms with Crippen molar-refractivity contribution in [3.63, 3.8) is 0 Å². The molecule has 1 aromatic heterocycles. The topological polar surface area (TPSA) is 112 Å². The Morgan fingerprint density at radius 3 is 2.55 bits per heavy atom. The van der Waals surface area contributed by atoms with Crippen LogP contribution in [0.4, 0.5) is 4.79 Å². The highest BCUT2D eigenvalue weighted by atomic mass is 32.2. The SMILES string of the molecule is COc1ccc(-n2c(S[C@@H](C)C(=O)NC(=O)NC3CC3)nc3ccccc3c2=O)cc1OC. The molecule has 9 nitrogen and oxygen atoms in total. The molecule has 0 unspecified atom stereocenters. The average molecular weight is 469 g/mol. The monoisotopic (exact) mass is 468 g/mol. The molecule has 0 bridgehead atoms. The molecule has 2 N–H and O–H groups in total. The van der Waals surface area contributed by atoms with Crippen LogP contribution in [-0.2, 0) is 4.79 Å². The molecular formula is C23H24N4O5S. The Balaban J connectivity index is 1.71. The number of ether oxygens (including phenoxy) is 2. The van der Waals surface area contributed by atoms with E-state index in [0.29, 0.717) is 33.2 Å². The summed E-state index contributed by atoms with van der Waals surface area (Å²) in [6.45, 7) is 1.66. The van der Waals surface area contributed by atoms with Gasteiger partial charge in [0.05, 0.1) is 36.1 Å². The smallest absolute Gasteiger partial charge is 0.321 e. The highest BCUT2D eigenvalue weighted by molar-refractivity contribution is 8.00. The van der Waals surface area contributed by atoms with Crippen molar-refractivity contribution in [2.75, 3.05) is 14.2 Å². The van der Waals surface area contributed by atoms with Crippen molar-refractivity contribution in [2.45, 2.75) is 36.2 Å². The number of amides is 3. The van der Waals surface area contributed by atoms with Crippen LogP contribution >= 0.6 is 11.8 Å². The number of aromatic nitrogens is 2. The maximum Gasteiger partial charge on any atom is 0.321 e. The summed E-state index contributed by atoms with van der Waals surface area (Å²) in [7, 11) is 3.04. The van der Waals surface area contributed by atoms with Crippen molar-refractivity contribution in [3.05, 3.63) is 52.8 Å². The van der Waals surface area contributed by atoms with Crippen LogP contribution in [0.1, 0.15) is 19.8 Å². The molecule has 0 saturated heterocycles. The highest BCUT2D eigenvalue weighted by Gasteiger charge is 2.26. The van der Waals surface area contributed by atoms with Crippen LogP contribution in [0.5, 0.6) is 11.5 Å². The lowest BCUT2D eigenvalue weighted by molar-refractivity contribution is -0.119. The third-order valence-corrected chi connectivity index (χ3v) is 6.22. The van der Waals surface area contributed by atoms with E-state index in [0.717, 1.165) is 24.6 Å². The predicted octanol–water partition coefficient (Wildman–Crippen LogP) is 2.87. The Morgan fingerprint density at radius 2 is 1.85 bits per heavy atom. The second-order valence-electron chi connectivity index (χ2n) is 7.59. The number of carbonyl (C=O) groups is 2. The van der Waals surface area contributed by atoms with E-state index < -0.39 is 17.2 Å². The molecule has 1 heterocycles. The van der Waals surface area contributed by atoms with E-state index in [1.807, 2.05) is 0 Å². The molecule has 1 fully saturated rings. The zero-order valence-electron chi connectivity index (χ0n) is 18.5. The molecule has 33 heavy (non-hydrogen) atoms. The Labute approximate surface area is 194 Å². The molecule has 172 valence electrons. The van der Waals surface area contributed by atoms with Gasteiger partial charge in [0.2, 0.25) is 5.91 Å². The molecule has 10 heteroatoms. The molecule has 2 aromatic carbocycles. The molecular weight excluding hydrogens is 444 g/mol. The first kappa shape index (κ1) is 22.7. The predicted molar refractivity (Wildman–Crippen MR) is 125 cm³/mol. The second-order valence-corrected chi connectivity index (χ2v) is 8.90. The number of carbonyl (C=O) groups excluding carboxylic acids is 2. The van der Waals surface area contributed by atoms with Crippen molar-refractivity contribution < 1.29 is 19.1 Å². The van der Waals surface area contributed by atoms with Gasteiger partial charge in [0.15, 0.2) is 16.7 Å². The number of nitrogens with zero attached hydrogens (tertiary/aromatic N) is 2. The van der Waals surface area contributed by atoms with E-state index in [2.05, 4.69) is 15.6 Å². The lowest BCUT2D eigenvalue weighted by atomic mass is 10.2. The number of imide groups is 1. The third kappa shape index (κ3) is 4.95. The molecule has 3 aromatic rings. The van der Waals surface area contributed by atoms with E-state index in [-0.39, 0.29) is 11.6 Å². The number of benzene rings is 2. The number of fused-ring (bicyclic) bond motifs is 1. The van der Waals surface area contributed by atoms with Gasteiger partial charge in [-0.25, -0.2) is 9.78 Å². The Morgan fingerprint density at radius 1 is 1.12 bits per heavy atom. The number of hydrogen-bond acceptors (Lipinski definition) is 7. The molecule has 1 aliphatic carbocycles. The van der Waals surface area contributed by atoms with E-state index in [1.165, 1.54) is 18.8 Å². The summed E-state index contributed by atoms with van der Waals surface area (Å²) < 4.78 is 12.1. The van der Waals surface area contributed by atoms with Crippen LogP contribution < -0.4 is 25.7 Å². The third-order valence-electron chi connectivity index (χ3n) is 5.17. The van der Waals surface area contributed by atoms with Crippen molar-refractivity contribution in [2.24, 2.45) is 0 Å². The van der Waals surface area contributed by atoms with E-state index in [1.54, 1.807) is 49.4 Å². The van der Waals surface area contributed by atoms with Crippen LogP contribution in [-0.4, -0.2) is 47.0 Å². The van der Waals surface area contributed by atoms with Gasteiger partial charge in [0.25, 0.3) is 5.56 Å². The average Bonchev–Trinajstić information content (AvgIpc) is 3.62. The first-order chi connectivity index (χ1) is 15.9. The molecule has 1 saturated carbocycles. The maximum atomic E-state index is 13.4. The Kier molecular flexibility index (Phi) is 6.55. The molecule has 0 aliphatic heterocycles. The van der Waals surface area contributed by atoms with Gasteiger partial charge in [-0.3, -0.25) is 19.5 Å². The van der Waals surface area contributed by atoms with Gasteiger partial charge in [-0.15, -0.1) is 0 Å². The van der Waals surface area contributed by atoms with Crippen LogP contribution in [0.2, 0.25) is 0 Å². The fourth-order valence-electron chi connectivity index (χ4n) is 3.26. The van der Waals surface area contributed by atoms with Gasteiger partial charge in [0.1, 0.15) is 0 Å². The lowest BCUT2D eigenvalue weighted by Gasteiger charge is -2.17. The standard InChI is InChI=1S/C23H24N4O5S/c1-13(20(28)26-22(30)24-14-8-9-14)33-23-25-17-7-5-4-6-16(17)21(29)27(23)15-10-11-18(31-2)19(12-15)32-3/h4-7,10-14H,8-9H2,1-3H3,(H2,24,26,28,30)/t13-/m0/s1. The number of para-hydroxylation sites is 1. The summed E-state index contributed by atoms with van der Waals surface area (Å²) in [5.74, 6) is 0.500. The summed E-state index contributed by atoms with van der Waals surface area (Å²) >= 11 is 1.09. The van der Waals surface area contributed by atoms with Gasteiger partial charge in [-0.2, -0.15) is 0 Å². The van der Waals surface area contributed by atoms with Crippen LogP contribution in [0.25, 0.3) is 16.6 Å².